The number of aromatic nitrogens is 2. The minimum atomic E-state index is -2.33. The number of alkyl halides is 2. The lowest BCUT2D eigenvalue weighted by Gasteiger charge is -2.42. The molecule has 28 heavy (non-hydrogen) atoms. The fourth-order valence-electron chi connectivity index (χ4n) is 4.03. The van der Waals surface area contributed by atoms with E-state index in [-0.39, 0.29) is 24.3 Å². The highest BCUT2D eigenvalue weighted by Gasteiger charge is 2.37. The monoisotopic (exact) mass is 386 g/mol. The highest BCUT2D eigenvalue weighted by molar-refractivity contribution is 5.80. The van der Waals surface area contributed by atoms with E-state index in [0.29, 0.717) is 26.2 Å². The Morgan fingerprint density at radius 1 is 1.11 bits per heavy atom. The molecule has 0 spiro atoms. The number of amides is 1. The van der Waals surface area contributed by atoms with E-state index < -0.39 is 6.43 Å². The van der Waals surface area contributed by atoms with Gasteiger partial charge in [-0.3, -0.25) is 9.69 Å². The second kappa shape index (κ2) is 8.31. The number of nitrogens with zero attached hydrogens (tertiary/aromatic N) is 4. The van der Waals surface area contributed by atoms with Gasteiger partial charge in [0.1, 0.15) is 5.82 Å². The number of carbonyl (C=O) groups excluding carboxylic acids is 1. The number of benzene rings is 1. The molecule has 0 radical (unpaired) electrons. The number of rotatable bonds is 5. The Labute approximate surface area is 163 Å². The molecular weight excluding hydrogens is 362 g/mol. The standard InChI is InChI=1S/C21H24F2N4O/c22-19(23)14-26-12-17(13-26)21(28)27-10-7-16(8-11-27)20-24-9-6-18(25-20)15-4-2-1-3-5-15/h1-6,9,16-17,19H,7-8,10-14H2. The first-order valence-electron chi connectivity index (χ1n) is 9.78. The van der Waals surface area contributed by atoms with E-state index in [1.807, 2.05) is 41.3 Å². The Hall–Kier alpha value is -2.41. The van der Waals surface area contributed by atoms with Gasteiger partial charge in [-0.05, 0) is 18.9 Å². The fraction of sp³-hybridized carbons (Fsp3) is 0.476. The number of piperidine rings is 1. The minimum absolute atomic E-state index is 0.0999. The molecule has 2 saturated heterocycles. The van der Waals surface area contributed by atoms with Crippen molar-refractivity contribution in [2.24, 2.45) is 5.92 Å². The van der Waals surface area contributed by atoms with Crippen molar-refractivity contribution in [2.75, 3.05) is 32.7 Å². The molecule has 1 aromatic carbocycles. The number of hydrogen-bond donors (Lipinski definition) is 0. The van der Waals surface area contributed by atoms with Gasteiger partial charge in [-0.2, -0.15) is 0 Å². The van der Waals surface area contributed by atoms with Crippen LogP contribution in [0.2, 0.25) is 0 Å². The molecule has 5 nitrogen and oxygen atoms in total. The van der Waals surface area contributed by atoms with Crippen LogP contribution in [0.1, 0.15) is 24.6 Å². The summed E-state index contributed by atoms with van der Waals surface area (Å²) in [6.07, 6.45) is 1.13. The minimum Gasteiger partial charge on any atom is -0.342 e. The van der Waals surface area contributed by atoms with E-state index in [1.165, 1.54) is 0 Å². The first-order valence-corrected chi connectivity index (χ1v) is 9.78. The molecule has 4 rings (SSSR count). The molecule has 2 aliphatic rings. The molecule has 2 aliphatic heterocycles. The van der Waals surface area contributed by atoms with Gasteiger partial charge in [0.2, 0.25) is 5.91 Å². The first kappa shape index (κ1) is 18.9. The van der Waals surface area contributed by atoms with Crippen molar-refractivity contribution in [2.45, 2.75) is 25.2 Å². The lowest BCUT2D eigenvalue weighted by molar-refractivity contribution is -0.143. The van der Waals surface area contributed by atoms with Crippen LogP contribution < -0.4 is 0 Å². The Balaban J connectivity index is 1.32. The molecule has 1 aromatic heterocycles. The molecule has 0 atom stereocenters. The van der Waals surface area contributed by atoms with Crippen molar-refractivity contribution in [3.63, 3.8) is 0 Å². The zero-order valence-corrected chi connectivity index (χ0v) is 15.7. The van der Waals surface area contributed by atoms with Crippen LogP contribution in [0.5, 0.6) is 0 Å². The molecular formula is C21H24F2N4O. The summed E-state index contributed by atoms with van der Waals surface area (Å²) >= 11 is 0. The lowest BCUT2D eigenvalue weighted by Crippen LogP contribution is -2.56. The van der Waals surface area contributed by atoms with E-state index in [0.717, 1.165) is 29.9 Å². The number of hydrogen-bond acceptors (Lipinski definition) is 4. The quantitative estimate of drug-likeness (QED) is 0.793. The molecule has 2 aromatic rings. The van der Waals surface area contributed by atoms with Gasteiger partial charge in [0.15, 0.2) is 0 Å². The maximum absolute atomic E-state index is 12.6. The molecule has 7 heteroatoms. The van der Waals surface area contributed by atoms with Crippen LogP contribution >= 0.6 is 0 Å². The van der Waals surface area contributed by atoms with Crippen molar-refractivity contribution in [1.82, 2.24) is 19.8 Å². The van der Waals surface area contributed by atoms with Crippen molar-refractivity contribution in [3.05, 3.63) is 48.4 Å². The molecule has 0 N–H and O–H groups in total. The van der Waals surface area contributed by atoms with Crippen LogP contribution in [0, 0.1) is 5.92 Å². The third kappa shape index (κ3) is 4.19. The van der Waals surface area contributed by atoms with Crippen LogP contribution in [0.3, 0.4) is 0 Å². The fourth-order valence-corrected chi connectivity index (χ4v) is 4.03. The molecule has 2 fully saturated rings. The van der Waals surface area contributed by atoms with Crippen molar-refractivity contribution < 1.29 is 13.6 Å². The second-order valence-electron chi connectivity index (χ2n) is 7.57. The van der Waals surface area contributed by atoms with E-state index >= 15 is 0 Å². The summed E-state index contributed by atoms with van der Waals surface area (Å²) in [6, 6.07) is 11.9. The lowest BCUT2D eigenvalue weighted by atomic mass is 9.92. The SMILES string of the molecule is O=C(C1CN(CC(F)F)C1)N1CCC(c2nccc(-c3ccccc3)n2)CC1. The third-order valence-corrected chi connectivity index (χ3v) is 5.62. The topological polar surface area (TPSA) is 49.3 Å². The molecule has 0 bridgehead atoms. The Morgan fingerprint density at radius 2 is 1.82 bits per heavy atom. The normalized spacial score (nSPS) is 19.0. The number of halogens is 2. The molecule has 0 unspecified atom stereocenters. The van der Waals surface area contributed by atoms with Gasteiger partial charge in [0.05, 0.1) is 18.2 Å². The van der Waals surface area contributed by atoms with Crippen molar-refractivity contribution in [3.8, 4) is 11.3 Å². The van der Waals surface area contributed by atoms with Crippen molar-refractivity contribution in [1.29, 1.82) is 0 Å². The third-order valence-electron chi connectivity index (χ3n) is 5.62. The average molecular weight is 386 g/mol. The molecule has 0 saturated carbocycles. The maximum atomic E-state index is 12.6. The maximum Gasteiger partial charge on any atom is 0.251 e. The van der Waals surface area contributed by atoms with E-state index in [2.05, 4.69) is 4.98 Å². The highest BCUT2D eigenvalue weighted by atomic mass is 19.3. The van der Waals surface area contributed by atoms with E-state index in [4.69, 9.17) is 4.98 Å². The van der Waals surface area contributed by atoms with Crippen LogP contribution in [-0.2, 0) is 4.79 Å². The van der Waals surface area contributed by atoms with Gasteiger partial charge in [0, 0.05) is 43.9 Å². The van der Waals surface area contributed by atoms with Crippen molar-refractivity contribution >= 4 is 5.91 Å². The zero-order valence-electron chi connectivity index (χ0n) is 15.7. The van der Waals surface area contributed by atoms with Gasteiger partial charge < -0.3 is 4.90 Å². The summed E-state index contributed by atoms with van der Waals surface area (Å²) in [7, 11) is 0. The molecule has 3 heterocycles. The Bertz CT molecular complexity index is 803. The van der Waals surface area contributed by atoms with Gasteiger partial charge in [-0.25, -0.2) is 18.7 Å². The summed E-state index contributed by atoms with van der Waals surface area (Å²) in [5.74, 6) is 1.04. The smallest absolute Gasteiger partial charge is 0.251 e. The van der Waals surface area contributed by atoms with Crippen LogP contribution in [0.4, 0.5) is 8.78 Å². The molecule has 1 amide bonds. The second-order valence-corrected chi connectivity index (χ2v) is 7.57. The van der Waals surface area contributed by atoms with Gasteiger partial charge in [-0.15, -0.1) is 0 Å². The predicted octanol–water partition coefficient (Wildman–Crippen LogP) is 3.05. The zero-order chi connectivity index (χ0) is 19.5. The van der Waals surface area contributed by atoms with Gasteiger partial charge in [0.25, 0.3) is 6.43 Å². The first-order chi connectivity index (χ1) is 13.6. The summed E-state index contributed by atoms with van der Waals surface area (Å²) in [5.41, 5.74) is 1.98. The van der Waals surface area contributed by atoms with Gasteiger partial charge in [-0.1, -0.05) is 30.3 Å². The van der Waals surface area contributed by atoms with Crippen LogP contribution in [-0.4, -0.2) is 64.8 Å². The Morgan fingerprint density at radius 3 is 2.50 bits per heavy atom. The molecule has 0 aliphatic carbocycles. The van der Waals surface area contributed by atoms with Gasteiger partial charge >= 0.3 is 0 Å². The summed E-state index contributed by atoms with van der Waals surface area (Å²) < 4.78 is 24.8. The van der Waals surface area contributed by atoms with E-state index in [9.17, 15) is 13.6 Å². The summed E-state index contributed by atoms with van der Waals surface area (Å²) in [4.78, 5) is 25.3. The number of likely N-dealkylation sites (tertiary alicyclic amines) is 2. The Kier molecular flexibility index (Phi) is 5.62. The van der Waals surface area contributed by atoms with E-state index in [1.54, 1.807) is 11.1 Å². The predicted molar refractivity (Wildman–Crippen MR) is 102 cm³/mol. The number of carbonyl (C=O) groups is 1. The summed E-state index contributed by atoms with van der Waals surface area (Å²) in [5, 5.41) is 0. The van der Waals surface area contributed by atoms with Crippen LogP contribution in [0.15, 0.2) is 42.6 Å². The highest BCUT2D eigenvalue weighted by Crippen LogP contribution is 2.29. The summed E-state index contributed by atoms with van der Waals surface area (Å²) in [6.45, 7) is 2.01. The van der Waals surface area contributed by atoms with Crippen LogP contribution in [0.25, 0.3) is 11.3 Å². The molecule has 148 valence electrons. The average Bonchev–Trinajstić information content (AvgIpc) is 2.71. The largest absolute Gasteiger partial charge is 0.342 e.